The van der Waals surface area contributed by atoms with Gasteiger partial charge in [-0.15, -0.1) is 10.2 Å². The Labute approximate surface area is 190 Å². The van der Waals surface area contributed by atoms with Gasteiger partial charge in [-0.2, -0.15) is 0 Å². The summed E-state index contributed by atoms with van der Waals surface area (Å²) in [5.74, 6) is 1.45. The van der Waals surface area contributed by atoms with E-state index in [9.17, 15) is 9.59 Å². The van der Waals surface area contributed by atoms with Crippen molar-refractivity contribution >= 4 is 35.1 Å². The number of ketones is 1. The van der Waals surface area contributed by atoms with Crippen LogP contribution in [0.25, 0.3) is 0 Å². The van der Waals surface area contributed by atoms with Crippen molar-refractivity contribution in [2.75, 3.05) is 12.9 Å². The lowest BCUT2D eigenvalue weighted by Gasteiger charge is -2.14. The number of halogens is 1. The molecule has 0 radical (unpaired) electrons. The molecule has 0 saturated carbocycles. The van der Waals surface area contributed by atoms with Crippen LogP contribution in [0.3, 0.4) is 0 Å². The topological polar surface area (TPSA) is 86.1 Å². The molecular weight excluding hydrogens is 436 g/mol. The summed E-state index contributed by atoms with van der Waals surface area (Å²) in [5, 5.41) is 12.5. The first-order valence-corrected chi connectivity index (χ1v) is 11.0. The number of hydrogen-bond acceptors (Lipinski definition) is 6. The molecule has 1 amide bonds. The molecule has 1 atom stereocenters. The number of hydrogen-bond donors (Lipinski definition) is 1. The van der Waals surface area contributed by atoms with Crippen molar-refractivity contribution in [2.24, 2.45) is 7.05 Å². The number of Topliss-reactive ketones (excluding diaryl/α,β-unsaturated/α-hetero) is 1. The first kappa shape index (κ1) is 22.8. The van der Waals surface area contributed by atoms with Crippen LogP contribution in [0.15, 0.2) is 53.7 Å². The summed E-state index contributed by atoms with van der Waals surface area (Å²) in [6, 6.07) is 13.8. The first-order chi connectivity index (χ1) is 14.9. The van der Waals surface area contributed by atoms with Crippen molar-refractivity contribution < 1.29 is 14.3 Å². The summed E-state index contributed by atoms with van der Waals surface area (Å²) in [4.78, 5) is 24.8. The number of methoxy groups -OCH3 is 1. The number of aromatic nitrogens is 3. The summed E-state index contributed by atoms with van der Waals surface area (Å²) < 4.78 is 6.92. The van der Waals surface area contributed by atoms with Gasteiger partial charge < -0.3 is 14.6 Å². The minimum Gasteiger partial charge on any atom is -0.497 e. The molecule has 3 aromatic rings. The lowest BCUT2D eigenvalue weighted by atomic mass is 10.1. The van der Waals surface area contributed by atoms with Crippen LogP contribution >= 0.6 is 23.4 Å². The molecule has 0 bridgehead atoms. The zero-order valence-electron chi connectivity index (χ0n) is 17.5. The van der Waals surface area contributed by atoms with Gasteiger partial charge in [-0.25, -0.2) is 0 Å². The van der Waals surface area contributed by atoms with Gasteiger partial charge in [0.2, 0.25) is 5.91 Å². The highest BCUT2D eigenvalue weighted by Gasteiger charge is 2.19. The fraction of sp³-hybridized carbons (Fsp3) is 0.273. The fourth-order valence-corrected chi connectivity index (χ4v) is 3.90. The number of benzene rings is 2. The predicted molar refractivity (Wildman–Crippen MR) is 121 cm³/mol. The third-order valence-electron chi connectivity index (χ3n) is 4.66. The maximum absolute atomic E-state index is 12.4. The number of amides is 1. The average Bonchev–Trinajstić information content (AvgIpc) is 3.13. The van der Waals surface area contributed by atoms with Gasteiger partial charge in [0.05, 0.1) is 25.3 Å². The highest BCUT2D eigenvalue weighted by molar-refractivity contribution is 7.99. The van der Waals surface area contributed by atoms with E-state index in [1.54, 1.807) is 35.9 Å². The van der Waals surface area contributed by atoms with E-state index < -0.39 is 0 Å². The summed E-state index contributed by atoms with van der Waals surface area (Å²) in [7, 11) is 3.42. The molecule has 9 heteroatoms. The Morgan fingerprint density at radius 1 is 1.13 bits per heavy atom. The van der Waals surface area contributed by atoms with Crippen molar-refractivity contribution in [3.63, 3.8) is 0 Å². The number of nitrogens with zero attached hydrogens (tertiary/aromatic N) is 3. The molecule has 2 aromatic carbocycles. The lowest BCUT2D eigenvalue weighted by Crippen LogP contribution is -2.29. The number of carbonyl (C=O) groups is 2. The van der Waals surface area contributed by atoms with Gasteiger partial charge in [-0.05, 0) is 48.9 Å². The van der Waals surface area contributed by atoms with Crippen LogP contribution in [0.4, 0.5) is 0 Å². The SMILES string of the molecule is COc1ccc(CC(=O)N[C@@H](C)c2nnc(SCC(=O)c3ccc(Cl)cc3)n2C)cc1. The molecule has 0 aliphatic carbocycles. The summed E-state index contributed by atoms with van der Waals surface area (Å²) in [5.41, 5.74) is 1.49. The van der Waals surface area contributed by atoms with Crippen LogP contribution in [0.2, 0.25) is 5.02 Å². The van der Waals surface area contributed by atoms with E-state index in [-0.39, 0.29) is 29.9 Å². The van der Waals surface area contributed by atoms with E-state index in [1.165, 1.54) is 11.8 Å². The van der Waals surface area contributed by atoms with Gasteiger partial charge in [0, 0.05) is 17.6 Å². The Morgan fingerprint density at radius 3 is 2.45 bits per heavy atom. The molecule has 7 nitrogen and oxygen atoms in total. The summed E-state index contributed by atoms with van der Waals surface area (Å²) in [6.45, 7) is 1.85. The monoisotopic (exact) mass is 458 g/mol. The van der Waals surface area contributed by atoms with Crippen molar-refractivity contribution in [1.82, 2.24) is 20.1 Å². The van der Waals surface area contributed by atoms with Crippen LogP contribution in [0.1, 0.15) is 34.7 Å². The Balaban J connectivity index is 1.56. The number of nitrogens with one attached hydrogen (secondary N) is 1. The molecule has 1 N–H and O–H groups in total. The van der Waals surface area contributed by atoms with Gasteiger partial charge >= 0.3 is 0 Å². The van der Waals surface area contributed by atoms with Gasteiger partial charge in [0.25, 0.3) is 0 Å². The number of carbonyl (C=O) groups excluding carboxylic acids is 2. The van der Waals surface area contributed by atoms with Gasteiger partial charge in [0.15, 0.2) is 16.8 Å². The minimum absolute atomic E-state index is 0.0212. The molecule has 0 fully saturated rings. The molecule has 0 spiro atoms. The van der Waals surface area contributed by atoms with Crippen LogP contribution in [0.5, 0.6) is 5.75 Å². The molecule has 31 heavy (non-hydrogen) atoms. The summed E-state index contributed by atoms with van der Waals surface area (Å²) in [6.07, 6.45) is 0.253. The molecular formula is C22H23ClN4O3S. The number of ether oxygens (including phenoxy) is 1. The summed E-state index contributed by atoms with van der Waals surface area (Å²) >= 11 is 7.16. The van der Waals surface area contributed by atoms with Crippen LogP contribution in [-0.4, -0.2) is 39.3 Å². The number of thioether (sulfide) groups is 1. The van der Waals surface area contributed by atoms with Crippen LogP contribution in [-0.2, 0) is 18.3 Å². The highest BCUT2D eigenvalue weighted by Crippen LogP contribution is 2.21. The average molecular weight is 459 g/mol. The first-order valence-electron chi connectivity index (χ1n) is 9.60. The Morgan fingerprint density at radius 2 is 1.81 bits per heavy atom. The Kier molecular flexibility index (Phi) is 7.70. The van der Waals surface area contributed by atoms with E-state index >= 15 is 0 Å². The van der Waals surface area contributed by atoms with E-state index in [4.69, 9.17) is 16.3 Å². The molecule has 1 aromatic heterocycles. The Bertz CT molecular complexity index is 1050. The third kappa shape index (κ3) is 6.08. The van der Waals surface area contributed by atoms with Crippen molar-refractivity contribution in [1.29, 1.82) is 0 Å². The maximum Gasteiger partial charge on any atom is 0.224 e. The van der Waals surface area contributed by atoms with Crippen molar-refractivity contribution in [3.8, 4) is 5.75 Å². The standard InChI is InChI=1S/C22H23ClN4O3S/c1-14(24-20(29)12-15-4-10-18(30-3)11-5-15)21-25-26-22(27(21)2)31-13-19(28)16-6-8-17(23)9-7-16/h4-11,14H,12-13H2,1-3H3,(H,24,29)/t14-/m0/s1. The van der Waals surface area contributed by atoms with E-state index in [0.29, 0.717) is 21.6 Å². The third-order valence-corrected chi connectivity index (χ3v) is 5.93. The molecule has 3 rings (SSSR count). The number of rotatable bonds is 9. The van der Waals surface area contributed by atoms with E-state index in [2.05, 4.69) is 15.5 Å². The normalized spacial score (nSPS) is 11.7. The van der Waals surface area contributed by atoms with Gasteiger partial charge in [0.1, 0.15) is 5.75 Å². The van der Waals surface area contributed by atoms with Gasteiger partial charge in [-0.1, -0.05) is 35.5 Å². The smallest absolute Gasteiger partial charge is 0.224 e. The molecule has 0 unspecified atom stereocenters. The molecule has 1 heterocycles. The van der Waals surface area contributed by atoms with Crippen LogP contribution < -0.4 is 10.1 Å². The fourth-order valence-electron chi connectivity index (χ4n) is 2.96. The van der Waals surface area contributed by atoms with Crippen molar-refractivity contribution in [2.45, 2.75) is 24.5 Å². The second-order valence-corrected chi connectivity index (χ2v) is 8.31. The highest BCUT2D eigenvalue weighted by atomic mass is 35.5. The predicted octanol–water partition coefficient (Wildman–Crippen LogP) is 3.87. The van der Waals surface area contributed by atoms with Crippen molar-refractivity contribution in [3.05, 3.63) is 70.5 Å². The molecule has 162 valence electrons. The van der Waals surface area contributed by atoms with Gasteiger partial charge in [-0.3, -0.25) is 9.59 Å². The molecule has 0 aliphatic rings. The largest absolute Gasteiger partial charge is 0.497 e. The minimum atomic E-state index is -0.329. The zero-order chi connectivity index (χ0) is 22.4. The van der Waals surface area contributed by atoms with E-state index in [0.717, 1.165) is 11.3 Å². The second kappa shape index (κ2) is 10.5. The van der Waals surface area contributed by atoms with Crippen LogP contribution in [0, 0.1) is 0 Å². The maximum atomic E-state index is 12.4. The zero-order valence-corrected chi connectivity index (χ0v) is 19.0. The quantitative estimate of drug-likeness (QED) is 0.387. The van der Waals surface area contributed by atoms with E-state index in [1.807, 2.05) is 38.2 Å². The molecule has 0 aliphatic heterocycles. The second-order valence-electron chi connectivity index (χ2n) is 6.93. The Hall–Kier alpha value is -2.84. The molecule has 0 saturated heterocycles. The lowest BCUT2D eigenvalue weighted by molar-refractivity contribution is -0.121.